The maximum absolute atomic E-state index is 13.3. The minimum absolute atomic E-state index is 0.202. The van der Waals surface area contributed by atoms with Crippen molar-refractivity contribution in [2.45, 2.75) is 32.7 Å². The SMILES string of the molecule is CC(C)c1noc(-c2cccnc2N2CCCN(Cc3ccc(F)cc3Cl)CC2)n1. The summed E-state index contributed by atoms with van der Waals surface area (Å²) in [6.45, 7) is 8.25. The van der Waals surface area contributed by atoms with Gasteiger partial charge in [0.1, 0.15) is 11.6 Å². The van der Waals surface area contributed by atoms with E-state index in [1.807, 2.05) is 26.0 Å². The van der Waals surface area contributed by atoms with Gasteiger partial charge in [0.05, 0.1) is 5.56 Å². The normalized spacial score (nSPS) is 15.6. The summed E-state index contributed by atoms with van der Waals surface area (Å²) in [5.41, 5.74) is 1.80. The smallest absolute Gasteiger partial charge is 0.261 e. The third kappa shape index (κ3) is 4.63. The molecule has 4 rings (SSSR count). The molecule has 1 saturated heterocycles. The third-order valence-corrected chi connectivity index (χ3v) is 5.62. The number of pyridine rings is 1. The van der Waals surface area contributed by atoms with E-state index >= 15 is 0 Å². The van der Waals surface area contributed by atoms with Crippen molar-refractivity contribution < 1.29 is 8.91 Å². The number of aromatic nitrogens is 3. The fourth-order valence-electron chi connectivity index (χ4n) is 3.63. The lowest BCUT2D eigenvalue weighted by Crippen LogP contribution is -2.31. The highest BCUT2D eigenvalue weighted by Crippen LogP contribution is 2.29. The van der Waals surface area contributed by atoms with Crippen molar-refractivity contribution in [1.29, 1.82) is 0 Å². The van der Waals surface area contributed by atoms with Gasteiger partial charge in [-0.05, 0) is 36.2 Å². The molecule has 1 aliphatic rings. The Hall–Kier alpha value is -2.51. The first kappa shape index (κ1) is 20.8. The summed E-state index contributed by atoms with van der Waals surface area (Å²) >= 11 is 6.22. The Balaban J connectivity index is 1.49. The summed E-state index contributed by atoms with van der Waals surface area (Å²) in [6, 6.07) is 8.46. The van der Waals surface area contributed by atoms with Gasteiger partial charge in [0.15, 0.2) is 5.82 Å². The van der Waals surface area contributed by atoms with Crippen LogP contribution < -0.4 is 4.90 Å². The Bertz CT molecular complexity index is 1010. The van der Waals surface area contributed by atoms with E-state index < -0.39 is 0 Å². The van der Waals surface area contributed by atoms with E-state index in [2.05, 4.69) is 24.9 Å². The molecule has 1 fully saturated rings. The van der Waals surface area contributed by atoms with Crippen LogP contribution in [0.1, 0.15) is 37.6 Å². The molecule has 8 heteroatoms. The molecule has 2 aromatic heterocycles. The van der Waals surface area contributed by atoms with Gasteiger partial charge in [-0.25, -0.2) is 9.37 Å². The number of benzene rings is 1. The van der Waals surface area contributed by atoms with Crippen molar-refractivity contribution in [3.05, 3.63) is 58.8 Å². The molecule has 0 radical (unpaired) electrons. The zero-order valence-electron chi connectivity index (χ0n) is 17.2. The monoisotopic (exact) mass is 429 g/mol. The van der Waals surface area contributed by atoms with Gasteiger partial charge in [-0.1, -0.05) is 36.7 Å². The summed E-state index contributed by atoms with van der Waals surface area (Å²) in [5, 5.41) is 4.56. The Kier molecular flexibility index (Phi) is 6.29. The quantitative estimate of drug-likeness (QED) is 0.582. The Morgan fingerprint density at radius 2 is 2.03 bits per heavy atom. The Labute approximate surface area is 180 Å². The van der Waals surface area contributed by atoms with E-state index in [0.717, 1.165) is 49.5 Å². The second-order valence-electron chi connectivity index (χ2n) is 7.84. The second-order valence-corrected chi connectivity index (χ2v) is 8.25. The van der Waals surface area contributed by atoms with Gasteiger partial charge in [0.25, 0.3) is 5.89 Å². The molecule has 1 aliphatic heterocycles. The lowest BCUT2D eigenvalue weighted by atomic mass is 10.2. The molecule has 6 nitrogen and oxygen atoms in total. The fourth-order valence-corrected chi connectivity index (χ4v) is 3.85. The third-order valence-electron chi connectivity index (χ3n) is 5.27. The van der Waals surface area contributed by atoms with Crippen LogP contribution in [0.15, 0.2) is 41.1 Å². The van der Waals surface area contributed by atoms with Crippen molar-refractivity contribution in [3.63, 3.8) is 0 Å². The highest BCUT2D eigenvalue weighted by Gasteiger charge is 2.22. The molecule has 3 aromatic rings. The van der Waals surface area contributed by atoms with Crippen molar-refractivity contribution in [2.24, 2.45) is 0 Å². The van der Waals surface area contributed by atoms with Gasteiger partial charge in [0.2, 0.25) is 0 Å². The number of nitrogens with zero attached hydrogens (tertiary/aromatic N) is 5. The Morgan fingerprint density at radius 3 is 2.80 bits per heavy atom. The lowest BCUT2D eigenvalue weighted by Gasteiger charge is -2.24. The molecule has 158 valence electrons. The molecule has 0 atom stereocenters. The summed E-state index contributed by atoms with van der Waals surface area (Å²) in [6.07, 6.45) is 2.77. The zero-order valence-corrected chi connectivity index (χ0v) is 17.9. The molecule has 1 aromatic carbocycles. The largest absolute Gasteiger partial charge is 0.355 e. The van der Waals surface area contributed by atoms with Crippen molar-refractivity contribution in [1.82, 2.24) is 20.0 Å². The van der Waals surface area contributed by atoms with Crippen LogP contribution in [0.3, 0.4) is 0 Å². The average molecular weight is 430 g/mol. The molecule has 0 N–H and O–H groups in total. The molecule has 30 heavy (non-hydrogen) atoms. The van der Waals surface area contributed by atoms with Crippen LogP contribution in [0.2, 0.25) is 5.02 Å². The number of hydrogen-bond acceptors (Lipinski definition) is 6. The summed E-state index contributed by atoms with van der Waals surface area (Å²) in [5.74, 6) is 1.94. The van der Waals surface area contributed by atoms with Crippen molar-refractivity contribution in [2.75, 3.05) is 31.1 Å². The molecule has 0 bridgehead atoms. The standard InChI is InChI=1S/C22H25ClFN5O/c1-15(2)20-26-22(30-27-20)18-5-3-8-25-21(18)29-10-4-9-28(11-12-29)14-16-6-7-17(24)13-19(16)23/h3,5-8,13,15H,4,9-12,14H2,1-2H3. The second kappa shape index (κ2) is 9.10. The molecule has 0 aliphatic carbocycles. The first-order valence-corrected chi connectivity index (χ1v) is 10.6. The van der Waals surface area contributed by atoms with Crippen LogP contribution in [0.25, 0.3) is 11.5 Å². The van der Waals surface area contributed by atoms with Gasteiger partial charge in [-0.2, -0.15) is 4.98 Å². The van der Waals surface area contributed by atoms with E-state index in [1.54, 1.807) is 12.3 Å². The fraction of sp³-hybridized carbons (Fsp3) is 0.409. The number of anilines is 1. The highest BCUT2D eigenvalue weighted by molar-refractivity contribution is 6.31. The van der Waals surface area contributed by atoms with Crippen LogP contribution in [-0.2, 0) is 6.54 Å². The van der Waals surface area contributed by atoms with Crippen LogP contribution in [0, 0.1) is 5.82 Å². The molecule has 3 heterocycles. The van der Waals surface area contributed by atoms with E-state index in [9.17, 15) is 4.39 Å². The Morgan fingerprint density at radius 1 is 1.17 bits per heavy atom. The molecular formula is C22H25ClFN5O. The molecule has 0 spiro atoms. The minimum atomic E-state index is -0.310. The molecule has 0 amide bonds. The van der Waals surface area contributed by atoms with E-state index in [-0.39, 0.29) is 11.7 Å². The van der Waals surface area contributed by atoms with Crippen LogP contribution in [0.4, 0.5) is 10.2 Å². The first-order chi connectivity index (χ1) is 14.5. The van der Waals surface area contributed by atoms with Gasteiger partial charge in [0, 0.05) is 49.9 Å². The maximum atomic E-state index is 13.3. The van der Waals surface area contributed by atoms with Gasteiger partial charge in [-0.15, -0.1) is 0 Å². The lowest BCUT2D eigenvalue weighted by molar-refractivity contribution is 0.285. The first-order valence-electron chi connectivity index (χ1n) is 10.2. The van der Waals surface area contributed by atoms with Gasteiger partial charge < -0.3 is 9.42 Å². The van der Waals surface area contributed by atoms with E-state index in [1.165, 1.54) is 12.1 Å². The zero-order chi connectivity index (χ0) is 21.1. The predicted octanol–water partition coefficient (Wildman–Crippen LogP) is 4.76. The summed E-state index contributed by atoms with van der Waals surface area (Å²) < 4.78 is 18.8. The van der Waals surface area contributed by atoms with Gasteiger partial charge in [-0.3, -0.25) is 4.90 Å². The van der Waals surface area contributed by atoms with Crippen LogP contribution >= 0.6 is 11.6 Å². The highest BCUT2D eigenvalue weighted by atomic mass is 35.5. The van der Waals surface area contributed by atoms with Crippen LogP contribution in [0.5, 0.6) is 0 Å². The van der Waals surface area contributed by atoms with Gasteiger partial charge >= 0.3 is 0 Å². The summed E-state index contributed by atoms with van der Waals surface area (Å²) in [4.78, 5) is 13.8. The minimum Gasteiger partial charge on any atom is -0.355 e. The van der Waals surface area contributed by atoms with E-state index in [4.69, 9.17) is 16.1 Å². The molecule has 0 saturated carbocycles. The number of rotatable bonds is 5. The van der Waals surface area contributed by atoms with Crippen molar-refractivity contribution in [3.8, 4) is 11.5 Å². The molecule has 0 unspecified atom stereocenters. The summed E-state index contributed by atoms with van der Waals surface area (Å²) in [7, 11) is 0. The van der Waals surface area contributed by atoms with Crippen LogP contribution in [-0.4, -0.2) is 46.2 Å². The maximum Gasteiger partial charge on any atom is 0.261 e. The number of halogens is 2. The average Bonchev–Trinajstić information content (AvgIpc) is 3.11. The number of hydrogen-bond donors (Lipinski definition) is 0. The molecular weight excluding hydrogens is 405 g/mol. The van der Waals surface area contributed by atoms with E-state index in [0.29, 0.717) is 23.3 Å². The van der Waals surface area contributed by atoms with Crippen molar-refractivity contribution >= 4 is 17.4 Å². The predicted molar refractivity (Wildman–Crippen MR) is 115 cm³/mol. The topological polar surface area (TPSA) is 58.3 Å².